The molecule has 0 bridgehead atoms. The van der Waals surface area contributed by atoms with Crippen LogP contribution in [0.1, 0.15) is 65.9 Å². The van der Waals surface area contributed by atoms with Crippen molar-refractivity contribution < 1.29 is 14.3 Å². The number of ether oxygens (including phenoxy) is 1. The van der Waals surface area contributed by atoms with Crippen molar-refractivity contribution in [1.82, 2.24) is 24.0 Å². The number of nitrogens with two attached hydrogens (primary N) is 1. The SMILES string of the molecule is COCC(=O)N1CCC(c2cccc3cc(-c4nn5cc(C(=O)N6CCC[C@@H](N)C6)ccc5c4C)n(CC4CC4)c23)CC1. The average molecular weight is 583 g/mol. The van der Waals surface area contributed by atoms with E-state index in [9.17, 15) is 9.59 Å². The van der Waals surface area contributed by atoms with Gasteiger partial charge in [-0.2, -0.15) is 5.10 Å². The van der Waals surface area contributed by atoms with Crippen molar-refractivity contribution in [2.75, 3.05) is 39.9 Å². The normalized spacial score (nSPS) is 19.9. The largest absolute Gasteiger partial charge is 0.375 e. The number of nitrogens with zero attached hydrogens (tertiary/aromatic N) is 5. The Labute approximate surface area is 252 Å². The molecule has 2 aliphatic heterocycles. The molecule has 1 saturated carbocycles. The van der Waals surface area contributed by atoms with Gasteiger partial charge in [-0.3, -0.25) is 9.59 Å². The fourth-order valence-electron chi connectivity index (χ4n) is 7.20. The average Bonchev–Trinajstić information content (AvgIpc) is 3.69. The van der Waals surface area contributed by atoms with Crippen LogP contribution in [0.3, 0.4) is 0 Å². The van der Waals surface area contributed by atoms with Crippen LogP contribution in [0.4, 0.5) is 0 Å². The van der Waals surface area contributed by atoms with Crippen LogP contribution in [0.2, 0.25) is 0 Å². The van der Waals surface area contributed by atoms with Crippen molar-refractivity contribution in [1.29, 1.82) is 0 Å². The van der Waals surface area contributed by atoms with Crippen molar-refractivity contribution in [3.8, 4) is 11.4 Å². The maximum atomic E-state index is 13.3. The van der Waals surface area contributed by atoms with Crippen molar-refractivity contribution in [3.63, 3.8) is 0 Å². The van der Waals surface area contributed by atoms with Gasteiger partial charge in [-0.25, -0.2) is 4.52 Å². The Bertz CT molecular complexity index is 1680. The Morgan fingerprint density at radius 3 is 2.58 bits per heavy atom. The second kappa shape index (κ2) is 11.4. The molecule has 9 nitrogen and oxygen atoms in total. The lowest BCUT2D eigenvalue weighted by atomic mass is 9.88. The van der Waals surface area contributed by atoms with Gasteiger partial charge in [0.1, 0.15) is 12.3 Å². The zero-order valence-corrected chi connectivity index (χ0v) is 25.3. The molecule has 2 saturated heterocycles. The van der Waals surface area contributed by atoms with Crippen LogP contribution >= 0.6 is 0 Å². The van der Waals surface area contributed by atoms with Gasteiger partial charge in [-0.1, -0.05) is 18.2 Å². The molecule has 9 heteroatoms. The molecule has 0 radical (unpaired) electrons. The van der Waals surface area contributed by atoms with Gasteiger partial charge in [0.25, 0.3) is 5.91 Å². The number of hydrogen-bond donors (Lipinski definition) is 1. The molecule has 0 unspecified atom stereocenters. The van der Waals surface area contributed by atoms with Gasteiger partial charge in [0.05, 0.1) is 22.3 Å². The van der Waals surface area contributed by atoms with E-state index in [1.165, 1.54) is 29.3 Å². The summed E-state index contributed by atoms with van der Waals surface area (Å²) in [5.74, 6) is 1.18. The fraction of sp³-hybridized carbons (Fsp3) is 0.500. The van der Waals surface area contributed by atoms with Crippen molar-refractivity contribution >= 4 is 28.2 Å². The highest BCUT2D eigenvalue weighted by atomic mass is 16.5. The number of piperidine rings is 2. The third-order valence-electron chi connectivity index (χ3n) is 9.76. The molecule has 7 rings (SSSR count). The molecule has 1 aromatic carbocycles. The van der Waals surface area contributed by atoms with E-state index in [1.54, 1.807) is 7.11 Å². The van der Waals surface area contributed by atoms with Crippen LogP contribution in [-0.4, -0.2) is 81.7 Å². The monoisotopic (exact) mass is 582 g/mol. The van der Waals surface area contributed by atoms with E-state index in [-0.39, 0.29) is 24.5 Å². The van der Waals surface area contributed by atoms with E-state index in [0.29, 0.717) is 23.9 Å². The Hall–Kier alpha value is -3.69. The number of carbonyl (C=O) groups is 2. The van der Waals surface area contributed by atoms with Gasteiger partial charge in [-0.15, -0.1) is 0 Å². The lowest BCUT2D eigenvalue weighted by Crippen LogP contribution is -2.45. The number of amides is 2. The predicted molar refractivity (Wildman–Crippen MR) is 167 cm³/mol. The highest BCUT2D eigenvalue weighted by molar-refractivity contribution is 5.95. The number of carbonyl (C=O) groups excluding carboxylic acids is 2. The van der Waals surface area contributed by atoms with E-state index < -0.39 is 0 Å². The summed E-state index contributed by atoms with van der Waals surface area (Å²) < 4.78 is 9.48. The molecular formula is C34H42N6O3. The molecule has 0 spiro atoms. The highest BCUT2D eigenvalue weighted by Gasteiger charge is 2.30. The standard InChI is InChI=1S/C34H42N6O3/c1-22-29-11-10-26(34(42)38-14-4-6-27(35)20-38)19-40(29)36-32(22)30-17-25-5-3-7-28(33(25)39(30)18-23-8-9-23)24-12-15-37(16-13-24)31(41)21-43-2/h3,5,7,10-11,17,19,23-24,27H,4,6,8-9,12-16,18,20-21,35H2,1-2H3/t27-/m1/s1. The lowest BCUT2D eigenvalue weighted by molar-refractivity contribution is -0.136. The summed E-state index contributed by atoms with van der Waals surface area (Å²) in [4.78, 5) is 29.6. The Balaban J connectivity index is 1.25. The highest BCUT2D eigenvalue weighted by Crippen LogP contribution is 2.41. The second-order valence-electron chi connectivity index (χ2n) is 12.8. The second-order valence-corrected chi connectivity index (χ2v) is 12.8. The van der Waals surface area contributed by atoms with Crippen LogP contribution in [-0.2, 0) is 16.1 Å². The minimum atomic E-state index is 0.0224. The minimum absolute atomic E-state index is 0.0224. The van der Waals surface area contributed by atoms with Gasteiger partial charge in [-0.05, 0) is 81.0 Å². The van der Waals surface area contributed by atoms with Crippen LogP contribution < -0.4 is 5.73 Å². The van der Waals surface area contributed by atoms with Gasteiger partial charge in [0.15, 0.2) is 0 Å². The number of likely N-dealkylation sites (tertiary alicyclic amines) is 2. The smallest absolute Gasteiger partial charge is 0.255 e. The molecule has 1 atom stereocenters. The minimum Gasteiger partial charge on any atom is -0.375 e. The van der Waals surface area contributed by atoms with E-state index in [0.717, 1.165) is 74.3 Å². The maximum Gasteiger partial charge on any atom is 0.255 e. The summed E-state index contributed by atoms with van der Waals surface area (Å²) >= 11 is 0. The third-order valence-corrected chi connectivity index (χ3v) is 9.76. The van der Waals surface area contributed by atoms with E-state index >= 15 is 0 Å². The number of aryl methyl sites for hydroxylation is 1. The van der Waals surface area contributed by atoms with Crippen LogP contribution in [0.25, 0.3) is 27.8 Å². The first kappa shape index (κ1) is 28.1. The third kappa shape index (κ3) is 5.33. The molecule has 2 N–H and O–H groups in total. The van der Waals surface area contributed by atoms with Gasteiger partial charge >= 0.3 is 0 Å². The van der Waals surface area contributed by atoms with Crippen molar-refractivity contribution in [2.45, 2.75) is 64.0 Å². The zero-order chi connectivity index (χ0) is 29.7. The number of aromatic nitrogens is 3. The predicted octanol–water partition coefficient (Wildman–Crippen LogP) is 4.59. The fourth-order valence-corrected chi connectivity index (χ4v) is 7.20. The van der Waals surface area contributed by atoms with Crippen molar-refractivity contribution in [3.05, 3.63) is 59.3 Å². The van der Waals surface area contributed by atoms with Crippen molar-refractivity contribution in [2.24, 2.45) is 11.7 Å². The number of pyridine rings is 1. The number of benzene rings is 1. The molecule has 226 valence electrons. The molecule has 1 aliphatic carbocycles. The molecule has 5 heterocycles. The van der Waals surface area contributed by atoms with Gasteiger partial charge < -0.3 is 24.8 Å². The quantitative estimate of drug-likeness (QED) is 0.344. The van der Waals surface area contributed by atoms with E-state index in [1.807, 2.05) is 32.6 Å². The topological polar surface area (TPSA) is 98.1 Å². The first-order valence-electron chi connectivity index (χ1n) is 15.8. The van der Waals surface area contributed by atoms with Crippen LogP contribution in [0.15, 0.2) is 42.6 Å². The molecule has 3 aromatic heterocycles. The molecule has 2 amide bonds. The first-order valence-corrected chi connectivity index (χ1v) is 15.8. The molecule has 4 aromatic rings. The zero-order valence-electron chi connectivity index (χ0n) is 25.3. The Morgan fingerprint density at radius 2 is 1.84 bits per heavy atom. The Morgan fingerprint density at radius 1 is 1.02 bits per heavy atom. The van der Waals surface area contributed by atoms with Crippen LogP contribution in [0.5, 0.6) is 0 Å². The summed E-state index contributed by atoms with van der Waals surface area (Å²) in [5, 5.41) is 6.34. The maximum absolute atomic E-state index is 13.3. The molecular weight excluding hydrogens is 540 g/mol. The number of fused-ring (bicyclic) bond motifs is 2. The summed E-state index contributed by atoms with van der Waals surface area (Å²) in [6.45, 7) is 6.13. The number of methoxy groups -OCH3 is 1. The summed E-state index contributed by atoms with van der Waals surface area (Å²) in [6, 6.07) is 13.0. The summed E-state index contributed by atoms with van der Waals surface area (Å²) in [5.41, 5.74) is 13.7. The Kier molecular flexibility index (Phi) is 7.47. The van der Waals surface area contributed by atoms with Crippen LogP contribution in [0, 0.1) is 12.8 Å². The van der Waals surface area contributed by atoms with E-state index in [4.69, 9.17) is 15.6 Å². The summed E-state index contributed by atoms with van der Waals surface area (Å²) in [7, 11) is 1.58. The van der Waals surface area contributed by atoms with E-state index in [2.05, 4.69) is 35.8 Å². The van der Waals surface area contributed by atoms with Gasteiger partial charge in [0.2, 0.25) is 5.91 Å². The van der Waals surface area contributed by atoms with Gasteiger partial charge in [0, 0.05) is 63.0 Å². The number of rotatable bonds is 7. The first-order chi connectivity index (χ1) is 20.9. The molecule has 3 aliphatic rings. The summed E-state index contributed by atoms with van der Waals surface area (Å²) in [6.07, 6.45) is 8.21. The number of hydrogen-bond acceptors (Lipinski definition) is 5. The molecule has 43 heavy (non-hydrogen) atoms. The lowest BCUT2D eigenvalue weighted by Gasteiger charge is -2.32. The molecule has 3 fully saturated rings. The number of para-hydroxylation sites is 1.